The Labute approximate surface area is 101 Å². The number of nitrogens with zero attached hydrogens (tertiary/aromatic N) is 1. The fourth-order valence-corrected chi connectivity index (χ4v) is 1.60. The SMILES string of the molecule is COc1cc(-c2[nH]c(=O)ncc2F)ccc1Cl. The molecular formula is C11H8ClFN2O2. The van der Waals surface area contributed by atoms with Crippen molar-refractivity contribution in [3.05, 3.63) is 45.7 Å². The minimum atomic E-state index is -0.617. The molecule has 0 saturated heterocycles. The highest BCUT2D eigenvalue weighted by Gasteiger charge is 2.09. The Morgan fingerprint density at radius 2 is 2.24 bits per heavy atom. The van der Waals surface area contributed by atoms with Gasteiger partial charge in [0.25, 0.3) is 0 Å². The summed E-state index contributed by atoms with van der Waals surface area (Å²) >= 11 is 5.85. The molecule has 2 aromatic rings. The fourth-order valence-electron chi connectivity index (χ4n) is 1.40. The second-order valence-electron chi connectivity index (χ2n) is 3.26. The minimum Gasteiger partial charge on any atom is -0.495 e. The van der Waals surface area contributed by atoms with Crippen LogP contribution in [0.25, 0.3) is 11.3 Å². The summed E-state index contributed by atoms with van der Waals surface area (Å²) in [4.78, 5) is 16.7. The van der Waals surface area contributed by atoms with Gasteiger partial charge in [0.2, 0.25) is 0 Å². The quantitative estimate of drug-likeness (QED) is 0.894. The van der Waals surface area contributed by atoms with Crippen molar-refractivity contribution in [1.82, 2.24) is 9.97 Å². The molecule has 0 unspecified atom stereocenters. The number of aromatic amines is 1. The molecule has 0 aliphatic heterocycles. The van der Waals surface area contributed by atoms with E-state index >= 15 is 0 Å². The number of benzene rings is 1. The van der Waals surface area contributed by atoms with Crippen LogP contribution in [-0.4, -0.2) is 17.1 Å². The van der Waals surface area contributed by atoms with Crippen molar-refractivity contribution < 1.29 is 9.13 Å². The number of nitrogens with one attached hydrogen (secondary N) is 1. The van der Waals surface area contributed by atoms with Gasteiger partial charge >= 0.3 is 5.69 Å². The second-order valence-corrected chi connectivity index (χ2v) is 3.67. The summed E-state index contributed by atoms with van der Waals surface area (Å²) in [6.45, 7) is 0. The Balaban J connectivity index is 2.60. The first-order valence-electron chi connectivity index (χ1n) is 4.70. The van der Waals surface area contributed by atoms with Crippen LogP contribution in [0.3, 0.4) is 0 Å². The zero-order valence-corrected chi connectivity index (χ0v) is 9.58. The first-order valence-corrected chi connectivity index (χ1v) is 5.08. The van der Waals surface area contributed by atoms with E-state index < -0.39 is 11.5 Å². The Hall–Kier alpha value is -1.88. The van der Waals surface area contributed by atoms with Crippen LogP contribution in [0.1, 0.15) is 0 Å². The van der Waals surface area contributed by atoms with Gasteiger partial charge in [-0.3, -0.25) is 0 Å². The summed E-state index contributed by atoms with van der Waals surface area (Å²) in [5.41, 5.74) is -0.0986. The fraction of sp³-hybridized carbons (Fsp3) is 0.0909. The normalized spacial score (nSPS) is 10.3. The van der Waals surface area contributed by atoms with Gasteiger partial charge in [-0.15, -0.1) is 0 Å². The number of rotatable bonds is 2. The van der Waals surface area contributed by atoms with Crippen LogP contribution in [0, 0.1) is 5.82 Å². The van der Waals surface area contributed by atoms with Crippen LogP contribution in [0.5, 0.6) is 5.75 Å². The number of H-pyrrole nitrogens is 1. The maximum Gasteiger partial charge on any atom is 0.345 e. The Morgan fingerprint density at radius 3 is 2.94 bits per heavy atom. The summed E-state index contributed by atoms with van der Waals surface area (Å²) in [7, 11) is 1.46. The van der Waals surface area contributed by atoms with E-state index in [1.807, 2.05) is 0 Å². The van der Waals surface area contributed by atoms with Gasteiger partial charge in [-0.1, -0.05) is 17.7 Å². The molecule has 1 N–H and O–H groups in total. The summed E-state index contributed by atoms with van der Waals surface area (Å²) in [6, 6.07) is 4.68. The number of halogens is 2. The van der Waals surface area contributed by atoms with Crippen molar-refractivity contribution in [1.29, 1.82) is 0 Å². The average Bonchev–Trinajstić information content (AvgIpc) is 2.33. The van der Waals surface area contributed by atoms with Gasteiger partial charge in [0, 0.05) is 5.56 Å². The molecule has 0 aliphatic rings. The van der Waals surface area contributed by atoms with Gasteiger partial charge in [0.15, 0.2) is 5.82 Å². The van der Waals surface area contributed by atoms with Crippen LogP contribution < -0.4 is 10.4 Å². The summed E-state index contributed by atoms with van der Waals surface area (Å²) in [6.07, 6.45) is 0.870. The van der Waals surface area contributed by atoms with E-state index in [1.165, 1.54) is 13.2 Å². The number of methoxy groups -OCH3 is 1. The van der Waals surface area contributed by atoms with Crippen molar-refractivity contribution >= 4 is 11.6 Å². The van der Waals surface area contributed by atoms with Crippen LogP contribution >= 0.6 is 11.6 Å². The lowest BCUT2D eigenvalue weighted by atomic mass is 10.1. The van der Waals surface area contributed by atoms with E-state index in [0.717, 1.165) is 6.20 Å². The van der Waals surface area contributed by atoms with Gasteiger partial charge in [0.1, 0.15) is 5.75 Å². The molecule has 17 heavy (non-hydrogen) atoms. The lowest BCUT2D eigenvalue weighted by Crippen LogP contribution is -2.11. The third-order valence-electron chi connectivity index (χ3n) is 2.21. The highest BCUT2D eigenvalue weighted by atomic mass is 35.5. The number of hydrogen-bond donors (Lipinski definition) is 1. The maximum atomic E-state index is 13.5. The molecule has 0 amide bonds. The molecule has 0 atom stereocenters. The first kappa shape index (κ1) is 11.6. The van der Waals surface area contributed by atoms with Gasteiger partial charge in [0.05, 0.1) is 24.0 Å². The molecule has 0 fully saturated rings. The van der Waals surface area contributed by atoms with Gasteiger partial charge in [-0.25, -0.2) is 9.18 Å². The lowest BCUT2D eigenvalue weighted by Gasteiger charge is -2.06. The minimum absolute atomic E-state index is 0.0555. The summed E-state index contributed by atoms with van der Waals surface area (Å²) in [5.74, 6) is -0.213. The third kappa shape index (κ3) is 2.29. The van der Waals surface area contributed by atoms with E-state index in [4.69, 9.17) is 16.3 Å². The van der Waals surface area contributed by atoms with Gasteiger partial charge in [-0.05, 0) is 12.1 Å². The molecule has 6 heteroatoms. The van der Waals surface area contributed by atoms with Crippen molar-refractivity contribution in [2.24, 2.45) is 0 Å². The standard InChI is InChI=1S/C11H8ClFN2O2/c1-17-9-4-6(2-3-7(9)12)10-8(13)5-14-11(16)15-10/h2-5H,1H3,(H,14,15,16). The topological polar surface area (TPSA) is 55.0 Å². The summed E-state index contributed by atoms with van der Waals surface area (Å²) < 4.78 is 18.5. The molecule has 2 rings (SSSR count). The molecule has 0 spiro atoms. The molecule has 0 bridgehead atoms. The largest absolute Gasteiger partial charge is 0.495 e. The van der Waals surface area contributed by atoms with Crippen LogP contribution in [0.15, 0.2) is 29.2 Å². The second kappa shape index (κ2) is 4.55. The molecule has 88 valence electrons. The molecule has 4 nitrogen and oxygen atoms in total. The molecule has 0 radical (unpaired) electrons. The predicted molar refractivity (Wildman–Crippen MR) is 61.8 cm³/mol. The maximum absolute atomic E-state index is 13.5. The van der Waals surface area contributed by atoms with Crippen LogP contribution in [-0.2, 0) is 0 Å². The molecule has 1 heterocycles. The number of hydrogen-bond acceptors (Lipinski definition) is 3. The van der Waals surface area contributed by atoms with Gasteiger partial charge in [-0.2, -0.15) is 4.98 Å². The predicted octanol–water partition coefficient (Wildman–Crippen LogP) is 2.24. The smallest absolute Gasteiger partial charge is 0.345 e. The Bertz CT molecular complexity index is 613. The first-order chi connectivity index (χ1) is 8.11. The van der Waals surface area contributed by atoms with Gasteiger partial charge < -0.3 is 9.72 Å². The average molecular weight is 255 g/mol. The zero-order chi connectivity index (χ0) is 12.4. The molecule has 0 aliphatic carbocycles. The van der Waals surface area contributed by atoms with Crippen molar-refractivity contribution in [2.45, 2.75) is 0 Å². The van der Waals surface area contributed by atoms with Crippen molar-refractivity contribution in [2.75, 3.05) is 7.11 Å². The Morgan fingerprint density at radius 1 is 1.47 bits per heavy atom. The highest BCUT2D eigenvalue weighted by molar-refractivity contribution is 6.32. The van der Waals surface area contributed by atoms with Crippen LogP contribution in [0.4, 0.5) is 4.39 Å². The van der Waals surface area contributed by atoms with E-state index in [-0.39, 0.29) is 5.69 Å². The summed E-state index contributed by atoms with van der Waals surface area (Å²) in [5, 5.41) is 0.410. The van der Waals surface area contributed by atoms with E-state index in [1.54, 1.807) is 12.1 Å². The third-order valence-corrected chi connectivity index (χ3v) is 2.52. The molecular weight excluding hydrogens is 247 g/mol. The van der Waals surface area contributed by atoms with Crippen molar-refractivity contribution in [3.63, 3.8) is 0 Å². The molecule has 0 saturated carbocycles. The van der Waals surface area contributed by atoms with Crippen LogP contribution in [0.2, 0.25) is 5.02 Å². The molecule has 1 aromatic heterocycles. The van der Waals surface area contributed by atoms with E-state index in [0.29, 0.717) is 16.3 Å². The Kier molecular flexibility index (Phi) is 3.10. The van der Waals surface area contributed by atoms with E-state index in [9.17, 15) is 9.18 Å². The number of aromatic nitrogens is 2. The number of ether oxygens (including phenoxy) is 1. The highest BCUT2D eigenvalue weighted by Crippen LogP contribution is 2.29. The van der Waals surface area contributed by atoms with E-state index in [2.05, 4.69) is 9.97 Å². The molecule has 1 aromatic carbocycles. The van der Waals surface area contributed by atoms with Crippen molar-refractivity contribution in [3.8, 4) is 17.0 Å². The lowest BCUT2D eigenvalue weighted by molar-refractivity contribution is 0.415. The zero-order valence-electron chi connectivity index (χ0n) is 8.83. The monoisotopic (exact) mass is 254 g/mol.